The minimum atomic E-state index is -0.270. The topological polar surface area (TPSA) is 38.9 Å². The van der Waals surface area contributed by atoms with Gasteiger partial charge in [0.25, 0.3) is 0 Å². The average molecular weight is 317 g/mol. The smallest absolute Gasteiger partial charge is 0.123 e. The van der Waals surface area contributed by atoms with Gasteiger partial charge in [0, 0.05) is 10.9 Å². The Morgan fingerprint density at radius 3 is 2.42 bits per heavy atom. The molecule has 0 unspecified atom stereocenters. The van der Waals surface area contributed by atoms with E-state index in [1.54, 1.807) is 12.1 Å². The normalized spacial score (nSPS) is 10.8. The molecule has 0 spiro atoms. The fourth-order valence-corrected chi connectivity index (χ4v) is 2.54. The number of pyridine rings is 1. The number of anilines is 1. The molecule has 1 aromatic heterocycles. The second kappa shape index (κ2) is 4.63. The van der Waals surface area contributed by atoms with Gasteiger partial charge in [0.1, 0.15) is 5.82 Å². The second-order valence-corrected chi connectivity index (χ2v) is 5.01. The van der Waals surface area contributed by atoms with E-state index in [2.05, 4.69) is 20.9 Å². The van der Waals surface area contributed by atoms with Crippen molar-refractivity contribution in [1.82, 2.24) is 4.98 Å². The van der Waals surface area contributed by atoms with Gasteiger partial charge < -0.3 is 5.73 Å². The molecule has 0 aliphatic heterocycles. The first-order valence-corrected chi connectivity index (χ1v) is 6.56. The summed E-state index contributed by atoms with van der Waals surface area (Å²) in [4.78, 5) is 4.59. The molecule has 1 heterocycles. The van der Waals surface area contributed by atoms with E-state index in [1.807, 2.05) is 24.3 Å². The lowest BCUT2D eigenvalue weighted by atomic mass is 10.1. The Hall–Kier alpha value is -1.94. The van der Waals surface area contributed by atoms with Crippen LogP contribution in [0.1, 0.15) is 0 Å². The molecule has 3 rings (SSSR count). The summed E-state index contributed by atoms with van der Waals surface area (Å²) in [6, 6.07) is 13.9. The van der Waals surface area contributed by atoms with Crippen LogP contribution in [0, 0.1) is 5.82 Å². The fourth-order valence-electron chi connectivity index (χ4n) is 2.01. The molecular formula is C15H10BrFN2. The van der Waals surface area contributed by atoms with Crippen molar-refractivity contribution in [2.45, 2.75) is 0 Å². The van der Waals surface area contributed by atoms with Gasteiger partial charge >= 0.3 is 0 Å². The van der Waals surface area contributed by atoms with Crippen molar-refractivity contribution in [2.24, 2.45) is 0 Å². The molecule has 0 atom stereocenters. The zero-order chi connectivity index (χ0) is 13.4. The highest BCUT2D eigenvalue weighted by Crippen LogP contribution is 2.35. The zero-order valence-electron chi connectivity index (χ0n) is 9.90. The first kappa shape index (κ1) is 12.1. The number of halogens is 2. The molecule has 0 saturated carbocycles. The number of aromatic nitrogens is 1. The molecule has 0 aliphatic rings. The first-order chi connectivity index (χ1) is 9.16. The molecule has 19 heavy (non-hydrogen) atoms. The highest BCUT2D eigenvalue weighted by Gasteiger charge is 2.12. The van der Waals surface area contributed by atoms with Crippen LogP contribution < -0.4 is 5.73 Å². The molecule has 94 valence electrons. The minimum Gasteiger partial charge on any atom is -0.397 e. The van der Waals surface area contributed by atoms with Gasteiger partial charge in [-0.1, -0.05) is 18.2 Å². The van der Waals surface area contributed by atoms with Gasteiger partial charge in [-0.15, -0.1) is 0 Å². The minimum absolute atomic E-state index is 0.270. The van der Waals surface area contributed by atoms with Crippen LogP contribution >= 0.6 is 15.9 Å². The number of para-hydroxylation sites is 1. The molecule has 4 heteroatoms. The number of hydrogen-bond acceptors (Lipinski definition) is 2. The predicted octanol–water partition coefficient (Wildman–Crippen LogP) is 4.39. The number of rotatable bonds is 1. The SMILES string of the molecule is Nc1c(Br)c(-c2ccc(F)cc2)nc2ccccc12. The van der Waals surface area contributed by atoms with Crippen LogP contribution in [0.15, 0.2) is 53.0 Å². The van der Waals surface area contributed by atoms with Crippen molar-refractivity contribution in [3.8, 4) is 11.3 Å². The quantitative estimate of drug-likeness (QED) is 0.723. The van der Waals surface area contributed by atoms with Crippen LogP contribution in [-0.2, 0) is 0 Å². The summed E-state index contributed by atoms with van der Waals surface area (Å²) in [5.41, 5.74) is 9.13. The third kappa shape index (κ3) is 2.08. The van der Waals surface area contributed by atoms with Gasteiger partial charge in [0.2, 0.25) is 0 Å². The van der Waals surface area contributed by atoms with E-state index < -0.39 is 0 Å². The maximum atomic E-state index is 13.0. The summed E-state index contributed by atoms with van der Waals surface area (Å²) >= 11 is 3.48. The van der Waals surface area contributed by atoms with E-state index in [-0.39, 0.29) is 5.82 Å². The van der Waals surface area contributed by atoms with Crippen LogP contribution in [-0.4, -0.2) is 4.98 Å². The Balaban J connectivity index is 2.29. The molecule has 0 amide bonds. The van der Waals surface area contributed by atoms with E-state index >= 15 is 0 Å². The number of nitrogens with two attached hydrogens (primary N) is 1. The monoisotopic (exact) mass is 316 g/mol. The Kier molecular flexibility index (Phi) is 2.95. The largest absolute Gasteiger partial charge is 0.397 e. The number of nitrogens with zero attached hydrogens (tertiary/aromatic N) is 1. The fraction of sp³-hybridized carbons (Fsp3) is 0. The van der Waals surface area contributed by atoms with Crippen molar-refractivity contribution < 1.29 is 4.39 Å². The summed E-state index contributed by atoms with van der Waals surface area (Å²) < 4.78 is 13.7. The highest BCUT2D eigenvalue weighted by atomic mass is 79.9. The Bertz CT molecular complexity index is 754. The number of fused-ring (bicyclic) bond motifs is 1. The van der Waals surface area contributed by atoms with Gasteiger partial charge in [-0.3, -0.25) is 0 Å². The molecule has 2 N–H and O–H groups in total. The standard InChI is InChI=1S/C15H10BrFN2/c16-13-14(18)11-3-1-2-4-12(11)19-15(13)9-5-7-10(17)8-6-9/h1-8H,(H2,18,19). The third-order valence-electron chi connectivity index (χ3n) is 2.99. The molecule has 0 saturated heterocycles. The number of nitrogen functional groups attached to an aromatic ring is 1. The van der Waals surface area contributed by atoms with E-state index in [0.29, 0.717) is 5.69 Å². The molecule has 2 nitrogen and oxygen atoms in total. The number of hydrogen-bond donors (Lipinski definition) is 1. The zero-order valence-corrected chi connectivity index (χ0v) is 11.5. The van der Waals surface area contributed by atoms with Crippen LogP contribution in [0.4, 0.5) is 10.1 Å². The number of benzene rings is 2. The Morgan fingerprint density at radius 2 is 1.68 bits per heavy atom. The highest BCUT2D eigenvalue weighted by molar-refractivity contribution is 9.10. The lowest BCUT2D eigenvalue weighted by molar-refractivity contribution is 0.628. The summed E-state index contributed by atoms with van der Waals surface area (Å²) in [6.45, 7) is 0. The third-order valence-corrected chi connectivity index (χ3v) is 3.79. The van der Waals surface area contributed by atoms with E-state index in [1.165, 1.54) is 12.1 Å². The molecule has 0 aliphatic carbocycles. The van der Waals surface area contributed by atoms with E-state index in [4.69, 9.17) is 5.73 Å². The van der Waals surface area contributed by atoms with Crippen LogP contribution in [0.5, 0.6) is 0 Å². The summed E-state index contributed by atoms with van der Waals surface area (Å²) in [5, 5.41) is 0.903. The van der Waals surface area contributed by atoms with Gasteiger partial charge in [0.15, 0.2) is 0 Å². The van der Waals surface area contributed by atoms with Gasteiger partial charge in [-0.2, -0.15) is 0 Å². The van der Waals surface area contributed by atoms with Crippen LogP contribution in [0.3, 0.4) is 0 Å². The van der Waals surface area contributed by atoms with E-state index in [0.717, 1.165) is 26.6 Å². The Labute approximate surface area is 118 Å². The maximum absolute atomic E-state index is 13.0. The summed E-state index contributed by atoms with van der Waals surface area (Å²) in [6.07, 6.45) is 0. The lowest BCUT2D eigenvalue weighted by Crippen LogP contribution is -1.95. The first-order valence-electron chi connectivity index (χ1n) is 5.76. The van der Waals surface area contributed by atoms with E-state index in [9.17, 15) is 4.39 Å². The van der Waals surface area contributed by atoms with Crippen molar-refractivity contribution >= 4 is 32.5 Å². The Morgan fingerprint density at radius 1 is 1.00 bits per heavy atom. The van der Waals surface area contributed by atoms with Crippen molar-refractivity contribution in [3.63, 3.8) is 0 Å². The second-order valence-electron chi connectivity index (χ2n) is 4.21. The van der Waals surface area contributed by atoms with Gasteiger partial charge in [0.05, 0.1) is 21.4 Å². The molecule has 0 fully saturated rings. The lowest BCUT2D eigenvalue weighted by Gasteiger charge is -2.10. The van der Waals surface area contributed by atoms with Crippen LogP contribution in [0.2, 0.25) is 0 Å². The predicted molar refractivity (Wildman–Crippen MR) is 79.2 cm³/mol. The average Bonchev–Trinajstić information content (AvgIpc) is 2.44. The van der Waals surface area contributed by atoms with Crippen molar-refractivity contribution in [3.05, 3.63) is 58.8 Å². The van der Waals surface area contributed by atoms with Gasteiger partial charge in [-0.25, -0.2) is 9.37 Å². The molecule has 0 bridgehead atoms. The molecule has 0 radical (unpaired) electrons. The maximum Gasteiger partial charge on any atom is 0.123 e. The molecule has 3 aromatic rings. The van der Waals surface area contributed by atoms with Crippen molar-refractivity contribution in [2.75, 3.05) is 5.73 Å². The summed E-state index contributed by atoms with van der Waals surface area (Å²) in [7, 11) is 0. The molecular weight excluding hydrogens is 307 g/mol. The van der Waals surface area contributed by atoms with Crippen LogP contribution in [0.25, 0.3) is 22.2 Å². The molecule has 2 aromatic carbocycles. The summed E-state index contributed by atoms with van der Waals surface area (Å²) in [5.74, 6) is -0.270. The van der Waals surface area contributed by atoms with Crippen molar-refractivity contribution in [1.29, 1.82) is 0 Å². The van der Waals surface area contributed by atoms with Gasteiger partial charge in [-0.05, 0) is 46.3 Å².